The SMILES string of the molecule is CCCCOc1cccc(/C=N/NS(=O)(=O)c2ccc3[nH]c(=O)oc3c2)c1. The maximum Gasteiger partial charge on any atom is 0.417 e. The van der Waals surface area contributed by atoms with Crippen molar-refractivity contribution in [1.82, 2.24) is 9.82 Å². The number of hydrogen-bond acceptors (Lipinski definition) is 6. The van der Waals surface area contributed by atoms with Crippen molar-refractivity contribution in [2.45, 2.75) is 24.7 Å². The molecule has 2 N–H and O–H groups in total. The van der Waals surface area contributed by atoms with Crippen LogP contribution in [-0.2, 0) is 10.0 Å². The molecule has 2 aromatic carbocycles. The van der Waals surface area contributed by atoms with Crippen LogP contribution in [-0.4, -0.2) is 26.2 Å². The first-order valence-corrected chi connectivity index (χ1v) is 9.87. The van der Waals surface area contributed by atoms with Crippen LogP contribution in [0.3, 0.4) is 0 Å². The summed E-state index contributed by atoms with van der Waals surface area (Å²) >= 11 is 0. The quantitative estimate of drug-likeness (QED) is 0.349. The van der Waals surface area contributed by atoms with Gasteiger partial charge in [0, 0.05) is 6.07 Å². The minimum atomic E-state index is -3.90. The lowest BCUT2D eigenvalue weighted by Crippen LogP contribution is -2.18. The molecular weight excluding hydrogens is 370 g/mol. The van der Waals surface area contributed by atoms with E-state index in [0.717, 1.165) is 12.8 Å². The molecule has 8 nitrogen and oxygen atoms in total. The van der Waals surface area contributed by atoms with Crippen LogP contribution in [0.4, 0.5) is 0 Å². The monoisotopic (exact) mass is 389 g/mol. The highest BCUT2D eigenvalue weighted by Crippen LogP contribution is 2.16. The topological polar surface area (TPSA) is 114 Å². The number of hydrogen-bond donors (Lipinski definition) is 2. The molecule has 0 saturated heterocycles. The van der Waals surface area contributed by atoms with E-state index in [-0.39, 0.29) is 10.5 Å². The molecule has 0 bridgehead atoms. The summed E-state index contributed by atoms with van der Waals surface area (Å²) in [6.45, 7) is 2.71. The van der Waals surface area contributed by atoms with Crippen molar-refractivity contribution < 1.29 is 17.6 Å². The van der Waals surface area contributed by atoms with Gasteiger partial charge in [0.15, 0.2) is 5.58 Å². The molecule has 0 fully saturated rings. The van der Waals surface area contributed by atoms with Gasteiger partial charge >= 0.3 is 5.76 Å². The number of nitrogens with one attached hydrogen (secondary N) is 2. The van der Waals surface area contributed by atoms with Crippen LogP contribution in [0.25, 0.3) is 11.1 Å². The highest BCUT2D eigenvalue weighted by atomic mass is 32.2. The fraction of sp³-hybridized carbons (Fsp3) is 0.222. The Morgan fingerprint density at radius 1 is 1.26 bits per heavy atom. The zero-order chi connectivity index (χ0) is 19.3. The Bertz CT molecular complexity index is 1120. The third-order valence-corrected chi connectivity index (χ3v) is 4.93. The molecule has 0 spiro atoms. The minimum Gasteiger partial charge on any atom is -0.494 e. The van der Waals surface area contributed by atoms with Crippen LogP contribution in [0.5, 0.6) is 5.75 Å². The van der Waals surface area contributed by atoms with E-state index in [2.05, 4.69) is 21.8 Å². The predicted molar refractivity (Wildman–Crippen MR) is 102 cm³/mol. The molecule has 1 heterocycles. The molecule has 0 aliphatic carbocycles. The molecule has 9 heteroatoms. The number of H-pyrrole nitrogens is 1. The third-order valence-electron chi connectivity index (χ3n) is 3.71. The second-order valence-electron chi connectivity index (χ2n) is 5.80. The van der Waals surface area contributed by atoms with Crippen LogP contribution in [0.1, 0.15) is 25.3 Å². The van der Waals surface area contributed by atoms with Gasteiger partial charge in [-0.1, -0.05) is 25.5 Å². The van der Waals surface area contributed by atoms with E-state index in [9.17, 15) is 13.2 Å². The number of fused-ring (bicyclic) bond motifs is 1. The second-order valence-corrected chi connectivity index (χ2v) is 7.46. The van der Waals surface area contributed by atoms with Crippen LogP contribution in [0.15, 0.2) is 61.7 Å². The number of ether oxygens (including phenoxy) is 1. The van der Waals surface area contributed by atoms with Crippen molar-refractivity contribution in [3.05, 3.63) is 58.6 Å². The Morgan fingerprint density at radius 2 is 2.11 bits per heavy atom. The van der Waals surface area contributed by atoms with Gasteiger partial charge in [-0.2, -0.15) is 13.5 Å². The van der Waals surface area contributed by atoms with Crippen molar-refractivity contribution in [3.63, 3.8) is 0 Å². The molecular formula is C18H19N3O5S. The van der Waals surface area contributed by atoms with Crippen LogP contribution < -0.4 is 15.3 Å². The normalized spacial score (nSPS) is 11.9. The molecule has 0 saturated carbocycles. The van der Waals surface area contributed by atoms with Gasteiger partial charge in [-0.15, -0.1) is 0 Å². The predicted octanol–water partition coefficient (Wildman–Crippen LogP) is 2.61. The highest BCUT2D eigenvalue weighted by molar-refractivity contribution is 7.89. The summed E-state index contributed by atoms with van der Waals surface area (Å²) in [5.74, 6) is 0.0507. The average Bonchev–Trinajstić information content (AvgIpc) is 3.01. The Balaban J connectivity index is 1.70. The van der Waals surface area contributed by atoms with E-state index in [0.29, 0.717) is 23.4 Å². The first kappa shape index (κ1) is 18.7. The molecule has 27 heavy (non-hydrogen) atoms. The lowest BCUT2D eigenvalue weighted by molar-refractivity contribution is 0.309. The number of aromatic nitrogens is 1. The highest BCUT2D eigenvalue weighted by Gasteiger charge is 2.15. The van der Waals surface area contributed by atoms with Gasteiger partial charge in [0.1, 0.15) is 5.75 Å². The van der Waals surface area contributed by atoms with E-state index in [1.165, 1.54) is 24.4 Å². The second kappa shape index (κ2) is 8.09. The number of rotatable bonds is 8. The number of unbranched alkanes of at least 4 members (excludes halogenated alkanes) is 1. The lowest BCUT2D eigenvalue weighted by atomic mass is 10.2. The van der Waals surface area contributed by atoms with E-state index >= 15 is 0 Å². The molecule has 3 rings (SSSR count). The molecule has 142 valence electrons. The molecule has 0 atom stereocenters. The van der Waals surface area contributed by atoms with Crippen molar-refractivity contribution >= 4 is 27.3 Å². The first-order chi connectivity index (χ1) is 13.0. The van der Waals surface area contributed by atoms with Gasteiger partial charge in [0.25, 0.3) is 10.0 Å². The average molecular weight is 389 g/mol. The number of hydrazone groups is 1. The number of benzene rings is 2. The Hall–Kier alpha value is -3.07. The zero-order valence-electron chi connectivity index (χ0n) is 14.6. The van der Waals surface area contributed by atoms with E-state index in [1.54, 1.807) is 18.2 Å². The molecule has 0 radical (unpaired) electrons. The van der Waals surface area contributed by atoms with Gasteiger partial charge < -0.3 is 9.15 Å². The van der Waals surface area contributed by atoms with Crippen LogP contribution >= 0.6 is 0 Å². The van der Waals surface area contributed by atoms with E-state index in [4.69, 9.17) is 9.15 Å². The van der Waals surface area contributed by atoms with Gasteiger partial charge in [-0.25, -0.2) is 9.63 Å². The largest absolute Gasteiger partial charge is 0.494 e. The van der Waals surface area contributed by atoms with Crippen molar-refractivity contribution in [2.75, 3.05) is 6.61 Å². The third kappa shape index (κ3) is 4.76. The maximum absolute atomic E-state index is 12.3. The number of oxazole rings is 1. The fourth-order valence-electron chi connectivity index (χ4n) is 2.33. The summed E-state index contributed by atoms with van der Waals surface area (Å²) in [4.78, 5) is 15.7. The summed E-state index contributed by atoms with van der Waals surface area (Å²) in [5.41, 5.74) is 1.27. The van der Waals surface area contributed by atoms with Crippen molar-refractivity contribution in [3.8, 4) is 5.75 Å². The Labute approximate surface area is 155 Å². The van der Waals surface area contributed by atoms with Crippen molar-refractivity contribution in [2.24, 2.45) is 5.10 Å². The summed E-state index contributed by atoms with van der Waals surface area (Å²) < 4.78 is 35.2. The van der Waals surface area contributed by atoms with Gasteiger partial charge in [0.2, 0.25) is 0 Å². The Kier molecular flexibility index (Phi) is 5.60. The van der Waals surface area contributed by atoms with Crippen molar-refractivity contribution in [1.29, 1.82) is 0 Å². The van der Waals surface area contributed by atoms with Crippen LogP contribution in [0.2, 0.25) is 0 Å². The van der Waals surface area contributed by atoms with Crippen LogP contribution in [0, 0.1) is 0 Å². The molecule has 0 unspecified atom stereocenters. The van der Waals surface area contributed by atoms with Gasteiger partial charge in [-0.3, -0.25) is 4.98 Å². The summed E-state index contributed by atoms with van der Waals surface area (Å²) in [6.07, 6.45) is 3.39. The lowest BCUT2D eigenvalue weighted by Gasteiger charge is -2.06. The first-order valence-electron chi connectivity index (χ1n) is 8.38. The Morgan fingerprint density at radius 3 is 2.93 bits per heavy atom. The molecule has 0 amide bonds. The van der Waals surface area contributed by atoms with E-state index in [1.807, 2.05) is 6.07 Å². The molecule has 1 aromatic heterocycles. The molecule has 0 aliphatic rings. The smallest absolute Gasteiger partial charge is 0.417 e. The number of nitrogens with zero attached hydrogens (tertiary/aromatic N) is 1. The summed E-state index contributed by atoms with van der Waals surface area (Å²) in [7, 11) is -3.90. The summed E-state index contributed by atoms with van der Waals surface area (Å²) in [5, 5.41) is 3.79. The standard InChI is InChI=1S/C18H19N3O5S/c1-2-3-9-25-14-6-4-5-13(10-14)12-19-21-27(23,24)15-7-8-16-17(11-15)26-18(22)20-16/h4-8,10-12,21H,2-3,9H2,1H3,(H,20,22)/b19-12+. The number of sulfonamides is 1. The molecule has 0 aliphatic heterocycles. The van der Waals surface area contributed by atoms with Gasteiger partial charge in [-0.05, 0) is 36.2 Å². The zero-order valence-corrected chi connectivity index (χ0v) is 15.5. The minimum absolute atomic E-state index is 0.0634. The molecule has 3 aromatic rings. The fourth-order valence-corrected chi connectivity index (χ4v) is 3.14. The van der Waals surface area contributed by atoms with Gasteiger partial charge in [0.05, 0.1) is 23.2 Å². The summed E-state index contributed by atoms with van der Waals surface area (Å²) in [6, 6.07) is 11.3. The number of aromatic amines is 1. The van der Waals surface area contributed by atoms with E-state index < -0.39 is 15.8 Å². The maximum atomic E-state index is 12.3.